The van der Waals surface area contributed by atoms with Gasteiger partial charge >= 0.3 is 0 Å². The molecule has 0 saturated carbocycles. The maximum Gasteiger partial charge on any atom is 0.237 e. The summed E-state index contributed by atoms with van der Waals surface area (Å²) in [6.45, 7) is 2.03. The number of carbonyl (C=O) groups is 2. The maximum absolute atomic E-state index is 12.6. The number of benzene rings is 2. The summed E-state index contributed by atoms with van der Waals surface area (Å²) in [4.78, 5) is 26.3. The third-order valence-electron chi connectivity index (χ3n) is 3.94. The van der Waals surface area contributed by atoms with Crippen molar-refractivity contribution in [2.75, 3.05) is 4.90 Å². The Balaban J connectivity index is 1.82. The number of halogens is 1. The normalized spacial score (nSPS) is 18.1. The number of aryl methyl sites for hydroxylation is 1. The van der Waals surface area contributed by atoms with Crippen molar-refractivity contribution in [3.63, 3.8) is 0 Å². The first-order valence-electron chi connectivity index (χ1n) is 7.23. The van der Waals surface area contributed by atoms with E-state index in [0.717, 1.165) is 9.13 Å². The molecule has 1 heterocycles. The van der Waals surface area contributed by atoms with Crippen LogP contribution in [0.25, 0.3) is 0 Å². The quantitative estimate of drug-likeness (QED) is 0.577. The summed E-state index contributed by atoms with van der Waals surface area (Å²) in [5.41, 5.74) is 2.99. The Morgan fingerprint density at radius 1 is 1.09 bits per heavy atom. The van der Waals surface area contributed by atoms with Gasteiger partial charge < -0.3 is 0 Å². The van der Waals surface area contributed by atoms with Crippen molar-refractivity contribution in [2.45, 2.75) is 19.8 Å². The molecule has 0 N–H and O–H groups in total. The number of para-hydroxylation sites is 1. The Morgan fingerprint density at radius 2 is 1.77 bits per heavy atom. The van der Waals surface area contributed by atoms with Crippen LogP contribution in [0.2, 0.25) is 0 Å². The van der Waals surface area contributed by atoms with Gasteiger partial charge in [0.1, 0.15) is 0 Å². The third-order valence-corrected chi connectivity index (χ3v) is 4.85. The molecule has 4 heteroatoms. The lowest BCUT2D eigenvalue weighted by Crippen LogP contribution is -2.31. The zero-order chi connectivity index (χ0) is 15.7. The third kappa shape index (κ3) is 2.92. The van der Waals surface area contributed by atoms with Crippen LogP contribution < -0.4 is 4.90 Å². The van der Waals surface area contributed by atoms with Crippen LogP contribution in [0.1, 0.15) is 17.5 Å². The van der Waals surface area contributed by atoms with Crippen molar-refractivity contribution in [3.05, 3.63) is 63.2 Å². The van der Waals surface area contributed by atoms with E-state index >= 15 is 0 Å². The Bertz CT molecular complexity index is 724. The highest BCUT2D eigenvalue weighted by Gasteiger charge is 2.39. The molecule has 2 aromatic carbocycles. The summed E-state index contributed by atoms with van der Waals surface area (Å²) in [6, 6.07) is 15.6. The van der Waals surface area contributed by atoms with E-state index in [0.29, 0.717) is 12.1 Å². The van der Waals surface area contributed by atoms with Crippen LogP contribution in [-0.2, 0) is 16.0 Å². The molecule has 1 fully saturated rings. The second-order valence-corrected chi connectivity index (χ2v) is 6.77. The summed E-state index contributed by atoms with van der Waals surface area (Å²) in [6.07, 6.45) is 0.905. The first-order chi connectivity index (χ1) is 10.6. The molecular formula is C18H16INO2. The largest absolute Gasteiger partial charge is 0.274 e. The molecule has 0 bridgehead atoms. The molecule has 22 heavy (non-hydrogen) atoms. The van der Waals surface area contributed by atoms with Gasteiger partial charge in [0.15, 0.2) is 0 Å². The van der Waals surface area contributed by atoms with Crippen LogP contribution in [0.15, 0.2) is 48.5 Å². The molecule has 1 aliphatic rings. The van der Waals surface area contributed by atoms with Crippen molar-refractivity contribution in [2.24, 2.45) is 5.92 Å². The van der Waals surface area contributed by atoms with Gasteiger partial charge in [0.2, 0.25) is 11.8 Å². The number of imide groups is 1. The average molecular weight is 405 g/mol. The smallest absolute Gasteiger partial charge is 0.237 e. The zero-order valence-corrected chi connectivity index (χ0v) is 14.4. The van der Waals surface area contributed by atoms with Gasteiger partial charge in [-0.3, -0.25) is 9.59 Å². The van der Waals surface area contributed by atoms with Crippen molar-refractivity contribution in [1.29, 1.82) is 0 Å². The minimum atomic E-state index is -0.258. The van der Waals surface area contributed by atoms with Crippen LogP contribution in [0, 0.1) is 16.4 Å². The van der Waals surface area contributed by atoms with E-state index in [4.69, 9.17) is 0 Å². The summed E-state index contributed by atoms with van der Waals surface area (Å²) in [5.74, 6) is -0.452. The Morgan fingerprint density at radius 3 is 2.45 bits per heavy atom. The van der Waals surface area contributed by atoms with Crippen LogP contribution in [-0.4, -0.2) is 11.8 Å². The molecular weight excluding hydrogens is 389 g/mol. The molecule has 0 radical (unpaired) electrons. The molecule has 2 amide bonds. The number of carbonyl (C=O) groups excluding carboxylic acids is 2. The van der Waals surface area contributed by atoms with Gasteiger partial charge in [0.25, 0.3) is 0 Å². The topological polar surface area (TPSA) is 37.4 Å². The second-order valence-electron chi connectivity index (χ2n) is 5.61. The molecule has 112 valence electrons. The molecule has 0 unspecified atom stereocenters. The van der Waals surface area contributed by atoms with E-state index in [1.54, 1.807) is 0 Å². The Labute approximate surface area is 143 Å². The molecule has 0 spiro atoms. The zero-order valence-electron chi connectivity index (χ0n) is 12.3. The minimum absolute atomic E-state index is 0.0882. The number of rotatable bonds is 3. The van der Waals surface area contributed by atoms with E-state index in [9.17, 15) is 9.59 Å². The van der Waals surface area contributed by atoms with E-state index in [1.165, 1.54) is 10.5 Å². The van der Waals surface area contributed by atoms with Gasteiger partial charge in [-0.15, -0.1) is 0 Å². The van der Waals surface area contributed by atoms with Gasteiger partial charge in [-0.2, -0.15) is 0 Å². The highest BCUT2D eigenvalue weighted by atomic mass is 127. The van der Waals surface area contributed by atoms with Crippen LogP contribution in [0.3, 0.4) is 0 Å². The van der Waals surface area contributed by atoms with Crippen LogP contribution in [0.5, 0.6) is 0 Å². The van der Waals surface area contributed by atoms with Crippen molar-refractivity contribution >= 4 is 40.1 Å². The lowest BCUT2D eigenvalue weighted by molar-refractivity contribution is -0.122. The molecule has 0 aromatic heterocycles. The van der Waals surface area contributed by atoms with Crippen molar-refractivity contribution in [1.82, 2.24) is 0 Å². The molecule has 0 aliphatic carbocycles. The number of hydrogen-bond donors (Lipinski definition) is 0. The van der Waals surface area contributed by atoms with Gasteiger partial charge in [0, 0.05) is 9.99 Å². The van der Waals surface area contributed by atoms with E-state index in [-0.39, 0.29) is 24.2 Å². The fourth-order valence-corrected chi connectivity index (χ4v) is 3.38. The summed E-state index contributed by atoms with van der Waals surface area (Å²) in [5, 5.41) is 0. The summed E-state index contributed by atoms with van der Waals surface area (Å²) < 4.78 is 0.915. The van der Waals surface area contributed by atoms with Gasteiger partial charge in [-0.1, -0.05) is 42.0 Å². The highest BCUT2D eigenvalue weighted by molar-refractivity contribution is 14.1. The summed E-state index contributed by atoms with van der Waals surface area (Å²) in [7, 11) is 0. The molecule has 1 aliphatic heterocycles. The van der Waals surface area contributed by atoms with Crippen molar-refractivity contribution < 1.29 is 9.59 Å². The fraction of sp³-hybridized carbons (Fsp3) is 0.222. The standard InChI is InChI=1S/C18H16INO2/c1-12-6-8-13(9-7-12)10-14-11-17(21)20(18(14)22)16-5-3-2-4-15(16)19/h2-9,14H,10-11H2,1H3/t14-/m0/s1. The minimum Gasteiger partial charge on any atom is -0.274 e. The first kappa shape index (κ1) is 15.2. The average Bonchev–Trinajstić information content (AvgIpc) is 2.77. The lowest BCUT2D eigenvalue weighted by atomic mass is 9.97. The molecule has 3 nitrogen and oxygen atoms in total. The number of anilines is 1. The monoisotopic (exact) mass is 405 g/mol. The van der Waals surface area contributed by atoms with E-state index in [2.05, 4.69) is 22.6 Å². The SMILES string of the molecule is Cc1ccc(C[C@H]2CC(=O)N(c3ccccc3I)C2=O)cc1. The lowest BCUT2D eigenvalue weighted by Gasteiger charge is -2.16. The van der Waals surface area contributed by atoms with Gasteiger partial charge in [-0.05, 0) is 53.6 Å². The van der Waals surface area contributed by atoms with E-state index < -0.39 is 0 Å². The maximum atomic E-state index is 12.6. The van der Waals surface area contributed by atoms with Crippen molar-refractivity contribution in [3.8, 4) is 0 Å². The summed E-state index contributed by atoms with van der Waals surface area (Å²) >= 11 is 2.16. The Hall–Kier alpha value is -1.69. The van der Waals surface area contributed by atoms with Gasteiger partial charge in [0.05, 0.1) is 11.6 Å². The molecule has 1 atom stereocenters. The van der Waals surface area contributed by atoms with Crippen LogP contribution >= 0.6 is 22.6 Å². The van der Waals surface area contributed by atoms with Gasteiger partial charge in [-0.25, -0.2) is 4.90 Å². The molecule has 1 saturated heterocycles. The predicted octanol–water partition coefficient (Wildman–Crippen LogP) is 3.72. The molecule has 3 rings (SSSR count). The predicted molar refractivity (Wildman–Crippen MR) is 94.6 cm³/mol. The fourth-order valence-electron chi connectivity index (χ4n) is 2.75. The second kappa shape index (κ2) is 6.20. The Kier molecular flexibility index (Phi) is 4.29. The number of amides is 2. The van der Waals surface area contributed by atoms with E-state index in [1.807, 2.05) is 55.5 Å². The first-order valence-corrected chi connectivity index (χ1v) is 8.31. The van der Waals surface area contributed by atoms with Crippen LogP contribution in [0.4, 0.5) is 5.69 Å². The number of hydrogen-bond acceptors (Lipinski definition) is 2. The highest BCUT2D eigenvalue weighted by Crippen LogP contribution is 2.31. The molecule has 2 aromatic rings. The number of nitrogens with zero attached hydrogens (tertiary/aromatic N) is 1.